The number of hydrogen-bond acceptors (Lipinski definition) is 3. The molecule has 3 rings (SSSR count). The second-order valence-electron chi connectivity index (χ2n) is 5.40. The molecule has 0 aliphatic heterocycles. The van der Waals surface area contributed by atoms with E-state index in [-0.39, 0.29) is 5.78 Å². The van der Waals surface area contributed by atoms with Gasteiger partial charge in [-0.3, -0.25) is 4.79 Å². The molecule has 22 heavy (non-hydrogen) atoms. The van der Waals surface area contributed by atoms with Crippen LogP contribution >= 0.6 is 11.3 Å². The van der Waals surface area contributed by atoms with Crippen LogP contribution in [-0.2, 0) is 0 Å². The van der Waals surface area contributed by atoms with Gasteiger partial charge in [0.1, 0.15) is 0 Å². The molecule has 2 aromatic carbocycles. The number of carbonyl (C=O) groups is 1. The van der Waals surface area contributed by atoms with Crippen LogP contribution in [0.2, 0.25) is 0 Å². The molecule has 0 radical (unpaired) electrons. The van der Waals surface area contributed by atoms with E-state index in [2.05, 4.69) is 0 Å². The van der Waals surface area contributed by atoms with Crippen LogP contribution in [0, 0.1) is 13.8 Å². The lowest BCUT2D eigenvalue weighted by molar-refractivity contribution is 0.104. The number of nitrogens with two attached hydrogens (primary N) is 1. The van der Waals surface area contributed by atoms with Crippen molar-refractivity contribution in [2.75, 3.05) is 5.73 Å². The van der Waals surface area contributed by atoms with E-state index in [0.29, 0.717) is 16.1 Å². The van der Waals surface area contributed by atoms with Crippen molar-refractivity contribution in [3.05, 3.63) is 76.2 Å². The third-order valence-electron chi connectivity index (χ3n) is 3.76. The fourth-order valence-corrected chi connectivity index (χ4v) is 3.46. The number of benzene rings is 2. The Hall–Kier alpha value is -2.39. The van der Waals surface area contributed by atoms with Gasteiger partial charge in [0.05, 0.1) is 10.6 Å². The van der Waals surface area contributed by atoms with Gasteiger partial charge >= 0.3 is 0 Å². The van der Waals surface area contributed by atoms with Gasteiger partial charge < -0.3 is 5.73 Å². The summed E-state index contributed by atoms with van der Waals surface area (Å²) in [5.41, 5.74) is 11.5. The average molecular weight is 307 g/mol. The Morgan fingerprint density at radius 2 is 1.77 bits per heavy atom. The number of ketones is 1. The number of carbonyl (C=O) groups excluding carboxylic acids is 1. The van der Waals surface area contributed by atoms with E-state index >= 15 is 0 Å². The summed E-state index contributed by atoms with van der Waals surface area (Å²) in [7, 11) is 0. The minimum Gasteiger partial charge on any atom is -0.390 e. The van der Waals surface area contributed by atoms with Crippen LogP contribution in [-0.4, -0.2) is 5.78 Å². The van der Waals surface area contributed by atoms with E-state index < -0.39 is 0 Å². The van der Waals surface area contributed by atoms with Gasteiger partial charge in [-0.2, -0.15) is 0 Å². The van der Waals surface area contributed by atoms with Crippen LogP contribution in [0.15, 0.2) is 53.9 Å². The summed E-state index contributed by atoms with van der Waals surface area (Å²) in [5.74, 6) is -0.00453. The summed E-state index contributed by atoms with van der Waals surface area (Å²) in [6.07, 6.45) is 0. The predicted molar refractivity (Wildman–Crippen MR) is 93.5 cm³/mol. The SMILES string of the molecule is Cc1ccc(C(=O)c2c(-c3ccccc3)csc2N)c(C)c1. The van der Waals surface area contributed by atoms with Crippen LogP contribution in [0.4, 0.5) is 5.00 Å². The maximum absolute atomic E-state index is 13.0. The molecule has 2 N–H and O–H groups in total. The molecule has 0 saturated heterocycles. The number of thiophene rings is 1. The molecule has 0 aliphatic carbocycles. The van der Waals surface area contributed by atoms with Crippen molar-refractivity contribution in [3.8, 4) is 11.1 Å². The summed E-state index contributed by atoms with van der Waals surface area (Å²) in [6, 6.07) is 15.8. The van der Waals surface area contributed by atoms with Gasteiger partial charge in [0.25, 0.3) is 0 Å². The number of hydrogen-bond donors (Lipinski definition) is 1. The quantitative estimate of drug-likeness (QED) is 0.703. The summed E-state index contributed by atoms with van der Waals surface area (Å²) >= 11 is 1.41. The molecule has 3 aromatic rings. The van der Waals surface area contributed by atoms with E-state index in [1.165, 1.54) is 11.3 Å². The Kier molecular flexibility index (Phi) is 3.82. The van der Waals surface area contributed by atoms with E-state index in [0.717, 1.165) is 22.3 Å². The third-order valence-corrected chi connectivity index (χ3v) is 4.57. The van der Waals surface area contributed by atoms with Gasteiger partial charge in [-0.1, -0.05) is 54.1 Å². The van der Waals surface area contributed by atoms with Crippen molar-refractivity contribution in [3.63, 3.8) is 0 Å². The maximum Gasteiger partial charge on any atom is 0.196 e. The van der Waals surface area contributed by atoms with Gasteiger partial charge in [-0.15, -0.1) is 11.3 Å². The molecule has 0 unspecified atom stereocenters. The molecule has 0 atom stereocenters. The zero-order valence-corrected chi connectivity index (χ0v) is 13.4. The molecule has 3 heteroatoms. The minimum atomic E-state index is -0.00453. The van der Waals surface area contributed by atoms with Crippen LogP contribution in [0.1, 0.15) is 27.0 Å². The number of aryl methyl sites for hydroxylation is 2. The zero-order valence-electron chi connectivity index (χ0n) is 12.6. The topological polar surface area (TPSA) is 43.1 Å². The molecule has 2 nitrogen and oxygen atoms in total. The first-order valence-electron chi connectivity index (χ1n) is 7.12. The van der Waals surface area contributed by atoms with Gasteiger partial charge in [0.15, 0.2) is 5.78 Å². The Morgan fingerprint density at radius 3 is 2.45 bits per heavy atom. The second-order valence-corrected chi connectivity index (χ2v) is 6.31. The van der Waals surface area contributed by atoms with Crippen molar-refractivity contribution in [1.82, 2.24) is 0 Å². The van der Waals surface area contributed by atoms with Gasteiger partial charge in [0.2, 0.25) is 0 Å². The smallest absolute Gasteiger partial charge is 0.196 e. The third kappa shape index (κ3) is 2.55. The summed E-state index contributed by atoms with van der Waals surface area (Å²) in [4.78, 5) is 13.0. The first-order valence-corrected chi connectivity index (χ1v) is 8.00. The Balaban J connectivity index is 2.12. The Labute approximate surface area is 134 Å². The van der Waals surface area contributed by atoms with E-state index in [4.69, 9.17) is 5.73 Å². The molecule has 0 spiro atoms. The lowest BCUT2D eigenvalue weighted by Crippen LogP contribution is -2.06. The highest BCUT2D eigenvalue weighted by Gasteiger charge is 2.21. The molecule has 0 bridgehead atoms. The van der Waals surface area contributed by atoms with Crippen molar-refractivity contribution in [1.29, 1.82) is 0 Å². The van der Waals surface area contributed by atoms with Crippen molar-refractivity contribution in [2.24, 2.45) is 0 Å². The number of nitrogen functional groups attached to an aromatic ring is 1. The normalized spacial score (nSPS) is 10.6. The number of rotatable bonds is 3. The molecular formula is C19H17NOS. The first kappa shape index (κ1) is 14.5. The molecule has 0 fully saturated rings. The predicted octanol–water partition coefficient (Wildman–Crippen LogP) is 4.85. The highest BCUT2D eigenvalue weighted by Crippen LogP contribution is 2.35. The van der Waals surface area contributed by atoms with Gasteiger partial charge in [-0.25, -0.2) is 0 Å². The fourth-order valence-electron chi connectivity index (χ4n) is 2.64. The molecule has 0 saturated carbocycles. The molecule has 0 amide bonds. The minimum absolute atomic E-state index is 0.00453. The summed E-state index contributed by atoms with van der Waals surface area (Å²) in [5, 5.41) is 2.53. The van der Waals surface area contributed by atoms with E-state index in [1.807, 2.05) is 67.8 Å². The van der Waals surface area contributed by atoms with Crippen LogP contribution in [0.25, 0.3) is 11.1 Å². The monoisotopic (exact) mass is 307 g/mol. The van der Waals surface area contributed by atoms with Crippen LogP contribution in [0.3, 0.4) is 0 Å². The fraction of sp³-hybridized carbons (Fsp3) is 0.105. The second kappa shape index (κ2) is 5.78. The largest absolute Gasteiger partial charge is 0.390 e. The zero-order chi connectivity index (χ0) is 15.7. The van der Waals surface area contributed by atoms with Crippen LogP contribution in [0.5, 0.6) is 0 Å². The highest BCUT2D eigenvalue weighted by atomic mass is 32.1. The van der Waals surface area contributed by atoms with E-state index in [9.17, 15) is 4.79 Å². The maximum atomic E-state index is 13.0. The molecule has 1 heterocycles. The van der Waals surface area contributed by atoms with E-state index in [1.54, 1.807) is 0 Å². The van der Waals surface area contributed by atoms with Crippen LogP contribution < -0.4 is 5.73 Å². The molecule has 1 aromatic heterocycles. The lowest BCUT2D eigenvalue weighted by atomic mass is 9.94. The van der Waals surface area contributed by atoms with Gasteiger partial charge in [0, 0.05) is 16.5 Å². The molecule has 110 valence electrons. The summed E-state index contributed by atoms with van der Waals surface area (Å²) < 4.78 is 0. The summed E-state index contributed by atoms with van der Waals surface area (Å²) in [6.45, 7) is 3.99. The number of anilines is 1. The first-order chi connectivity index (χ1) is 10.6. The van der Waals surface area contributed by atoms with Crippen molar-refractivity contribution in [2.45, 2.75) is 13.8 Å². The lowest BCUT2D eigenvalue weighted by Gasteiger charge is -2.08. The Bertz CT molecular complexity index is 834. The molecule has 0 aliphatic rings. The standard InChI is InChI=1S/C19H17NOS/c1-12-8-9-15(13(2)10-12)18(21)17-16(11-22-19(17)20)14-6-4-3-5-7-14/h3-11H,20H2,1-2H3. The van der Waals surface area contributed by atoms with Crippen molar-refractivity contribution < 1.29 is 4.79 Å². The highest BCUT2D eigenvalue weighted by molar-refractivity contribution is 7.15. The van der Waals surface area contributed by atoms with Gasteiger partial charge in [-0.05, 0) is 25.0 Å². The Morgan fingerprint density at radius 1 is 1.05 bits per heavy atom. The average Bonchev–Trinajstić information content (AvgIpc) is 2.89. The van der Waals surface area contributed by atoms with Crippen molar-refractivity contribution >= 4 is 22.1 Å². The molecular weight excluding hydrogens is 290 g/mol.